The Morgan fingerprint density at radius 1 is 1.18 bits per heavy atom. The molecule has 0 bridgehead atoms. The van der Waals surface area contributed by atoms with Crippen LogP contribution in [0.1, 0.15) is 37.7 Å². The molecule has 1 aromatic rings. The fourth-order valence-electron chi connectivity index (χ4n) is 4.23. The normalized spacial score (nSPS) is 26.4. The van der Waals surface area contributed by atoms with Gasteiger partial charge in [-0.15, -0.1) is 0 Å². The molecule has 3 rings (SSSR count). The van der Waals surface area contributed by atoms with E-state index in [9.17, 15) is 22.0 Å². The minimum absolute atomic E-state index is 0.0369. The highest BCUT2D eigenvalue weighted by molar-refractivity contribution is 7.88. The summed E-state index contributed by atoms with van der Waals surface area (Å²) in [5.41, 5.74) is 0.0469. The molecule has 6 nitrogen and oxygen atoms in total. The van der Waals surface area contributed by atoms with Crippen LogP contribution in [0, 0.1) is 17.6 Å². The van der Waals surface area contributed by atoms with Crippen LogP contribution in [0.5, 0.6) is 0 Å². The molecule has 0 radical (unpaired) electrons. The Labute approximate surface area is 164 Å². The molecule has 2 aliphatic heterocycles. The largest absolute Gasteiger partial charge is 0.335 e. The van der Waals surface area contributed by atoms with Gasteiger partial charge in [0.05, 0.1) is 6.26 Å². The monoisotopic (exact) mass is 415 g/mol. The number of piperidine rings is 1. The number of hydrogen-bond acceptors (Lipinski definition) is 3. The molecule has 2 aliphatic rings. The maximum absolute atomic E-state index is 14.0. The minimum Gasteiger partial charge on any atom is -0.335 e. The molecular formula is C19H27F2N3O3S. The zero-order valence-corrected chi connectivity index (χ0v) is 17.0. The van der Waals surface area contributed by atoms with E-state index in [4.69, 9.17) is 0 Å². The lowest BCUT2D eigenvalue weighted by molar-refractivity contribution is 0.174. The summed E-state index contributed by atoms with van der Waals surface area (Å²) in [5, 5.41) is 3.01. The fraction of sp³-hybridized carbons (Fsp3) is 0.632. The van der Waals surface area contributed by atoms with Crippen LogP contribution in [0.15, 0.2) is 18.2 Å². The number of nitrogens with one attached hydrogen (secondary N) is 1. The Balaban J connectivity index is 1.61. The Kier molecular flexibility index (Phi) is 6.24. The van der Waals surface area contributed by atoms with E-state index in [1.54, 1.807) is 4.90 Å². The van der Waals surface area contributed by atoms with E-state index in [0.29, 0.717) is 32.5 Å². The summed E-state index contributed by atoms with van der Waals surface area (Å²) in [4.78, 5) is 14.3. The SMILES string of the molecule is CCC1CN(S(C)(=O)=O)CCC1NC(=O)N1CCC(c2c(F)cccc2F)C1. The molecule has 3 atom stereocenters. The number of amides is 2. The van der Waals surface area contributed by atoms with E-state index >= 15 is 0 Å². The molecule has 0 aromatic heterocycles. The van der Waals surface area contributed by atoms with E-state index in [2.05, 4.69) is 5.32 Å². The van der Waals surface area contributed by atoms with Gasteiger partial charge in [-0.2, -0.15) is 0 Å². The van der Waals surface area contributed by atoms with Crippen LogP contribution >= 0.6 is 0 Å². The number of benzene rings is 1. The Morgan fingerprint density at radius 2 is 1.86 bits per heavy atom. The van der Waals surface area contributed by atoms with Gasteiger partial charge >= 0.3 is 6.03 Å². The third-order valence-corrected chi connectivity index (χ3v) is 7.15. The Bertz CT molecular complexity index is 813. The van der Waals surface area contributed by atoms with E-state index in [1.807, 2.05) is 6.92 Å². The predicted molar refractivity (Wildman–Crippen MR) is 102 cm³/mol. The molecule has 28 heavy (non-hydrogen) atoms. The maximum atomic E-state index is 14.0. The van der Waals surface area contributed by atoms with Crippen LogP contribution < -0.4 is 5.32 Å². The summed E-state index contributed by atoms with van der Waals surface area (Å²) >= 11 is 0. The van der Waals surface area contributed by atoms with Crippen molar-refractivity contribution in [2.45, 2.75) is 38.1 Å². The molecule has 3 unspecified atom stereocenters. The van der Waals surface area contributed by atoms with Crippen LogP contribution in [0.25, 0.3) is 0 Å². The third kappa shape index (κ3) is 4.46. The van der Waals surface area contributed by atoms with Crippen molar-refractivity contribution in [2.75, 3.05) is 32.4 Å². The molecule has 156 valence electrons. The number of rotatable bonds is 4. The molecule has 9 heteroatoms. The van der Waals surface area contributed by atoms with E-state index in [-0.39, 0.29) is 36.0 Å². The van der Waals surface area contributed by atoms with Gasteiger partial charge in [-0.05, 0) is 30.9 Å². The highest BCUT2D eigenvalue weighted by Gasteiger charge is 2.36. The van der Waals surface area contributed by atoms with Crippen molar-refractivity contribution < 1.29 is 22.0 Å². The summed E-state index contributed by atoms with van der Waals surface area (Å²) in [6, 6.07) is 3.45. The average molecular weight is 416 g/mol. The number of sulfonamides is 1. The lowest BCUT2D eigenvalue weighted by Crippen LogP contribution is -2.54. The molecule has 1 N–H and O–H groups in total. The molecule has 0 spiro atoms. The van der Waals surface area contributed by atoms with E-state index in [0.717, 1.165) is 6.42 Å². The van der Waals surface area contributed by atoms with Crippen molar-refractivity contribution in [3.63, 3.8) is 0 Å². The lowest BCUT2D eigenvalue weighted by atomic mass is 9.91. The Morgan fingerprint density at radius 3 is 2.46 bits per heavy atom. The highest BCUT2D eigenvalue weighted by atomic mass is 32.2. The first-order valence-corrected chi connectivity index (χ1v) is 11.5. The van der Waals surface area contributed by atoms with Gasteiger partial charge in [0.1, 0.15) is 11.6 Å². The summed E-state index contributed by atoms with van der Waals surface area (Å²) in [5.74, 6) is -1.48. The van der Waals surface area contributed by atoms with Crippen molar-refractivity contribution in [3.8, 4) is 0 Å². The van der Waals surface area contributed by atoms with Gasteiger partial charge in [0.2, 0.25) is 10.0 Å². The first-order chi connectivity index (χ1) is 13.2. The predicted octanol–water partition coefficient (Wildman–Crippen LogP) is 2.52. The van der Waals surface area contributed by atoms with Gasteiger partial charge in [0.15, 0.2) is 0 Å². The average Bonchev–Trinajstić information content (AvgIpc) is 3.10. The van der Waals surface area contributed by atoms with Crippen LogP contribution in [0.3, 0.4) is 0 Å². The number of urea groups is 1. The topological polar surface area (TPSA) is 69.7 Å². The smallest absolute Gasteiger partial charge is 0.317 e. The quantitative estimate of drug-likeness (QED) is 0.822. The summed E-state index contributed by atoms with van der Waals surface area (Å²) in [6.07, 6.45) is 3.01. The first-order valence-electron chi connectivity index (χ1n) is 9.65. The molecule has 0 saturated carbocycles. The number of likely N-dealkylation sites (tertiary alicyclic amines) is 1. The number of carbonyl (C=O) groups is 1. The second-order valence-corrected chi connectivity index (χ2v) is 9.68. The van der Waals surface area contributed by atoms with Crippen LogP contribution in [0.4, 0.5) is 13.6 Å². The molecule has 0 aliphatic carbocycles. The maximum Gasteiger partial charge on any atom is 0.317 e. The molecule has 2 fully saturated rings. The zero-order valence-electron chi connectivity index (χ0n) is 16.2. The van der Waals surface area contributed by atoms with Gasteiger partial charge in [-0.1, -0.05) is 19.4 Å². The van der Waals surface area contributed by atoms with Crippen molar-refractivity contribution in [3.05, 3.63) is 35.4 Å². The highest BCUT2D eigenvalue weighted by Crippen LogP contribution is 2.31. The van der Waals surface area contributed by atoms with Crippen molar-refractivity contribution in [1.82, 2.24) is 14.5 Å². The first kappa shape index (κ1) is 21.0. The second-order valence-electron chi connectivity index (χ2n) is 7.70. The molecule has 1 aromatic carbocycles. The van der Waals surface area contributed by atoms with Gasteiger partial charge < -0.3 is 10.2 Å². The van der Waals surface area contributed by atoms with Crippen LogP contribution in [-0.4, -0.2) is 62.1 Å². The number of hydrogen-bond donors (Lipinski definition) is 1. The standard InChI is InChI=1S/C19H27F2N3O3S/c1-3-13-12-24(28(2,26)27)10-8-17(13)22-19(25)23-9-7-14(11-23)18-15(20)5-4-6-16(18)21/h4-6,13-14,17H,3,7-12H2,1-2H3,(H,22,25). The summed E-state index contributed by atoms with van der Waals surface area (Å²) < 4.78 is 53.1. The molecule has 2 saturated heterocycles. The van der Waals surface area contributed by atoms with Gasteiger partial charge in [0, 0.05) is 43.7 Å². The van der Waals surface area contributed by atoms with Crippen molar-refractivity contribution >= 4 is 16.1 Å². The minimum atomic E-state index is -3.24. The number of halogens is 2. The van der Waals surface area contributed by atoms with E-state index < -0.39 is 21.7 Å². The fourth-order valence-corrected chi connectivity index (χ4v) is 5.13. The molecule has 2 heterocycles. The van der Waals surface area contributed by atoms with Gasteiger partial charge in [0.25, 0.3) is 0 Å². The van der Waals surface area contributed by atoms with Gasteiger partial charge in [-0.25, -0.2) is 26.3 Å². The zero-order chi connectivity index (χ0) is 20.5. The van der Waals surface area contributed by atoms with Crippen LogP contribution in [-0.2, 0) is 10.0 Å². The number of carbonyl (C=O) groups excluding carboxylic acids is 1. The Hall–Kier alpha value is -1.74. The molecular weight excluding hydrogens is 388 g/mol. The lowest BCUT2D eigenvalue weighted by Gasteiger charge is -2.38. The summed E-state index contributed by atoms with van der Waals surface area (Å²) in [6.45, 7) is 3.45. The summed E-state index contributed by atoms with van der Waals surface area (Å²) in [7, 11) is -3.24. The second kappa shape index (κ2) is 8.32. The van der Waals surface area contributed by atoms with Crippen molar-refractivity contribution in [2.24, 2.45) is 5.92 Å². The van der Waals surface area contributed by atoms with Crippen molar-refractivity contribution in [1.29, 1.82) is 0 Å². The van der Waals surface area contributed by atoms with E-state index in [1.165, 1.54) is 28.8 Å². The van der Waals surface area contributed by atoms with Gasteiger partial charge in [-0.3, -0.25) is 0 Å². The van der Waals surface area contributed by atoms with Crippen LogP contribution in [0.2, 0.25) is 0 Å². The molecule has 2 amide bonds. The third-order valence-electron chi connectivity index (χ3n) is 5.88. The number of nitrogens with zero attached hydrogens (tertiary/aromatic N) is 2.